The number of aryl methyl sites for hydroxylation is 4. The van der Waals surface area contributed by atoms with E-state index in [0.29, 0.717) is 0 Å². The second-order valence-corrected chi connectivity index (χ2v) is 10.3. The zero-order valence-corrected chi connectivity index (χ0v) is 21.8. The molecule has 0 saturated heterocycles. The van der Waals surface area contributed by atoms with Crippen LogP contribution in [0.2, 0.25) is 0 Å². The Kier molecular flexibility index (Phi) is 5.39. The number of hydrogen-bond acceptors (Lipinski definition) is 2. The maximum atomic E-state index is 3.59. The SMILES string of the molecule is Cc1cc2c(cc1C)N(c1ccc(Br)cc1)c1cc(C)c(C)cc1N2c1ccc(Br)cc1. The molecule has 4 heteroatoms. The summed E-state index contributed by atoms with van der Waals surface area (Å²) < 4.78 is 2.16. The Hall–Kier alpha value is -2.56. The standard InChI is InChI=1S/C28H24Br2N2/c1-17-13-25-26(14-18(17)2)32(24-11-7-22(30)8-12-24)28-16-20(4)19(3)15-27(28)31(25)23-9-5-21(29)6-10-23/h5-16H,1-4H3. The lowest BCUT2D eigenvalue weighted by molar-refractivity contribution is 1.14. The molecule has 160 valence electrons. The molecule has 0 bridgehead atoms. The Bertz CT molecular complexity index is 1160. The highest BCUT2D eigenvalue weighted by Gasteiger charge is 2.31. The van der Waals surface area contributed by atoms with Crippen molar-refractivity contribution in [1.82, 2.24) is 0 Å². The summed E-state index contributed by atoms with van der Waals surface area (Å²) in [4.78, 5) is 4.79. The van der Waals surface area contributed by atoms with Crippen LogP contribution in [0, 0.1) is 27.7 Å². The third-order valence-electron chi connectivity index (χ3n) is 6.32. The van der Waals surface area contributed by atoms with E-state index < -0.39 is 0 Å². The summed E-state index contributed by atoms with van der Waals surface area (Å²) in [5.74, 6) is 0. The van der Waals surface area contributed by atoms with E-state index in [0.717, 1.165) is 20.3 Å². The van der Waals surface area contributed by atoms with Gasteiger partial charge < -0.3 is 9.80 Å². The summed E-state index contributed by atoms with van der Waals surface area (Å²) in [7, 11) is 0. The third-order valence-corrected chi connectivity index (χ3v) is 7.37. The minimum absolute atomic E-state index is 1.08. The molecule has 4 aromatic carbocycles. The van der Waals surface area contributed by atoms with Gasteiger partial charge in [-0.25, -0.2) is 0 Å². The van der Waals surface area contributed by atoms with Crippen molar-refractivity contribution in [2.75, 3.05) is 9.80 Å². The molecule has 0 amide bonds. The van der Waals surface area contributed by atoms with Crippen LogP contribution in [-0.2, 0) is 0 Å². The summed E-state index contributed by atoms with van der Waals surface area (Å²) in [5, 5.41) is 0. The van der Waals surface area contributed by atoms with Crippen LogP contribution in [0.5, 0.6) is 0 Å². The lowest BCUT2D eigenvalue weighted by Crippen LogP contribution is -2.24. The summed E-state index contributed by atoms with van der Waals surface area (Å²) in [6, 6.07) is 26.4. The van der Waals surface area contributed by atoms with Gasteiger partial charge >= 0.3 is 0 Å². The third kappa shape index (κ3) is 3.56. The fourth-order valence-electron chi connectivity index (χ4n) is 4.28. The van der Waals surface area contributed by atoms with Gasteiger partial charge in [-0.05, 0) is 123 Å². The highest BCUT2D eigenvalue weighted by Crippen LogP contribution is 2.55. The van der Waals surface area contributed by atoms with Gasteiger partial charge in [-0.3, -0.25) is 0 Å². The molecule has 0 spiro atoms. The predicted molar refractivity (Wildman–Crippen MR) is 144 cm³/mol. The van der Waals surface area contributed by atoms with Crippen molar-refractivity contribution in [1.29, 1.82) is 0 Å². The first-order valence-corrected chi connectivity index (χ1v) is 12.3. The minimum atomic E-state index is 1.08. The van der Waals surface area contributed by atoms with Crippen LogP contribution in [0.15, 0.2) is 81.7 Å². The van der Waals surface area contributed by atoms with Crippen molar-refractivity contribution in [3.63, 3.8) is 0 Å². The maximum Gasteiger partial charge on any atom is 0.0706 e. The highest BCUT2D eigenvalue weighted by molar-refractivity contribution is 9.10. The van der Waals surface area contributed by atoms with Crippen molar-refractivity contribution in [2.24, 2.45) is 0 Å². The van der Waals surface area contributed by atoms with Gasteiger partial charge in [-0.15, -0.1) is 0 Å². The van der Waals surface area contributed by atoms with Gasteiger partial charge in [0.25, 0.3) is 0 Å². The molecule has 1 aliphatic heterocycles. The van der Waals surface area contributed by atoms with Gasteiger partial charge in [0.2, 0.25) is 0 Å². The van der Waals surface area contributed by atoms with Crippen molar-refractivity contribution in [3.05, 3.63) is 104 Å². The fourth-order valence-corrected chi connectivity index (χ4v) is 4.81. The van der Waals surface area contributed by atoms with E-state index in [1.807, 2.05) is 0 Å². The van der Waals surface area contributed by atoms with E-state index in [1.54, 1.807) is 0 Å². The molecule has 0 fully saturated rings. The molecule has 4 aromatic rings. The normalized spacial score (nSPS) is 12.6. The first-order chi connectivity index (χ1) is 15.3. The smallest absolute Gasteiger partial charge is 0.0706 e. The zero-order chi connectivity index (χ0) is 22.6. The van der Waals surface area contributed by atoms with Gasteiger partial charge in [-0.2, -0.15) is 0 Å². The van der Waals surface area contributed by atoms with E-state index in [2.05, 4.69) is 142 Å². The lowest BCUT2D eigenvalue weighted by atomic mass is 9.98. The molecule has 0 aromatic heterocycles. The number of fused-ring (bicyclic) bond motifs is 2. The molecule has 1 aliphatic rings. The second kappa shape index (κ2) is 8.09. The van der Waals surface area contributed by atoms with Crippen LogP contribution < -0.4 is 9.80 Å². The second-order valence-electron chi connectivity index (χ2n) is 8.47. The van der Waals surface area contributed by atoms with Crippen LogP contribution in [0.3, 0.4) is 0 Å². The Morgan fingerprint density at radius 2 is 0.688 bits per heavy atom. The van der Waals surface area contributed by atoms with Crippen molar-refractivity contribution >= 4 is 66.0 Å². The van der Waals surface area contributed by atoms with Gasteiger partial charge in [0.1, 0.15) is 0 Å². The van der Waals surface area contributed by atoms with E-state index in [1.165, 1.54) is 45.0 Å². The van der Waals surface area contributed by atoms with Crippen molar-refractivity contribution in [2.45, 2.75) is 27.7 Å². The monoisotopic (exact) mass is 546 g/mol. The average molecular weight is 548 g/mol. The van der Waals surface area contributed by atoms with E-state index >= 15 is 0 Å². The van der Waals surface area contributed by atoms with Gasteiger partial charge in [0, 0.05) is 20.3 Å². The first kappa shape index (κ1) is 21.3. The quantitative estimate of drug-likeness (QED) is 0.217. The number of hydrogen-bond donors (Lipinski definition) is 0. The van der Waals surface area contributed by atoms with Gasteiger partial charge in [0.05, 0.1) is 22.7 Å². The Balaban J connectivity index is 1.85. The molecule has 32 heavy (non-hydrogen) atoms. The topological polar surface area (TPSA) is 6.48 Å². The molecule has 5 rings (SSSR count). The minimum Gasteiger partial charge on any atom is -0.306 e. The predicted octanol–water partition coefficient (Wildman–Crippen LogP) is 9.70. The molecular formula is C28H24Br2N2. The zero-order valence-electron chi connectivity index (χ0n) is 18.6. The Labute approximate surface area is 206 Å². The number of nitrogens with zero attached hydrogens (tertiary/aromatic N) is 2. The van der Waals surface area contributed by atoms with E-state index in [9.17, 15) is 0 Å². The molecule has 0 aliphatic carbocycles. The van der Waals surface area contributed by atoms with Crippen LogP contribution in [0.1, 0.15) is 22.3 Å². The number of benzene rings is 4. The number of rotatable bonds is 2. The lowest BCUT2D eigenvalue weighted by Gasteiger charge is -2.41. The largest absolute Gasteiger partial charge is 0.306 e. The molecule has 0 radical (unpaired) electrons. The van der Waals surface area contributed by atoms with Gasteiger partial charge in [0.15, 0.2) is 0 Å². The van der Waals surface area contributed by atoms with Crippen molar-refractivity contribution in [3.8, 4) is 0 Å². The first-order valence-electron chi connectivity index (χ1n) is 10.7. The van der Waals surface area contributed by atoms with Crippen LogP contribution in [0.25, 0.3) is 0 Å². The maximum absolute atomic E-state index is 3.59. The molecule has 0 unspecified atom stereocenters. The Morgan fingerprint density at radius 3 is 0.938 bits per heavy atom. The van der Waals surface area contributed by atoms with Crippen LogP contribution in [0.4, 0.5) is 34.1 Å². The highest BCUT2D eigenvalue weighted by atomic mass is 79.9. The van der Waals surface area contributed by atoms with E-state index in [4.69, 9.17) is 0 Å². The molecular weight excluding hydrogens is 524 g/mol. The average Bonchev–Trinajstić information content (AvgIpc) is 2.76. The molecule has 0 N–H and O–H groups in total. The summed E-state index contributed by atoms with van der Waals surface area (Å²) in [6.45, 7) is 8.76. The Morgan fingerprint density at radius 1 is 0.438 bits per heavy atom. The van der Waals surface area contributed by atoms with Crippen LogP contribution in [-0.4, -0.2) is 0 Å². The van der Waals surface area contributed by atoms with Crippen molar-refractivity contribution < 1.29 is 0 Å². The fraction of sp³-hybridized carbons (Fsp3) is 0.143. The van der Waals surface area contributed by atoms with Gasteiger partial charge in [-0.1, -0.05) is 31.9 Å². The molecule has 0 saturated carbocycles. The summed E-state index contributed by atoms with van der Waals surface area (Å²) in [6.07, 6.45) is 0. The molecule has 2 nitrogen and oxygen atoms in total. The summed E-state index contributed by atoms with van der Waals surface area (Å²) >= 11 is 7.18. The number of halogens is 2. The van der Waals surface area contributed by atoms with Crippen LogP contribution >= 0.6 is 31.9 Å². The number of anilines is 6. The van der Waals surface area contributed by atoms with E-state index in [-0.39, 0.29) is 0 Å². The molecule has 1 heterocycles. The summed E-state index contributed by atoms with van der Waals surface area (Å²) in [5.41, 5.74) is 12.2. The molecule has 0 atom stereocenters.